The maximum atomic E-state index is 5.78. The van der Waals surface area contributed by atoms with Crippen molar-refractivity contribution in [3.63, 3.8) is 0 Å². The van der Waals surface area contributed by atoms with Crippen LogP contribution in [-0.4, -0.2) is 6.54 Å². The zero-order valence-corrected chi connectivity index (χ0v) is 12.6. The summed E-state index contributed by atoms with van der Waals surface area (Å²) < 4.78 is 5.78. The van der Waals surface area contributed by atoms with Crippen LogP contribution >= 0.6 is 0 Å². The highest BCUT2D eigenvalue weighted by molar-refractivity contribution is 5.15. The lowest BCUT2D eigenvalue weighted by molar-refractivity contribution is 0.380. The quantitative estimate of drug-likeness (QED) is 0.756. The Bertz CT molecular complexity index is 489. The van der Waals surface area contributed by atoms with Gasteiger partial charge in [0.1, 0.15) is 11.5 Å². The second kappa shape index (κ2) is 7.91. The van der Waals surface area contributed by atoms with E-state index in [1.54, 1.807) is 0 Å². The van der Waals surface area contributed by atoms with Crippen molar-refractivity contribution in [2.45, 2.75) is 45.6 Å². The average molecular weight is 271 g/mol. The monoisotopic (exact) mass is 271 g/mol. The number of hydrogen-bond acceptors (Lipinski definition) is 2. The zero-order chi connectivity index (χ0) is 14.2. The Morgan fingerprint density at radius 2 is 1.90 bits per heavy atom. The van der Waals surface area contributed by atoms with Crippen LogP contribution in [0, 0.1) is 6.92 Å². The number of nitrogens with one attached hydrogen (secondary N) is 1. The number of rotatable bonds is 8. The summed E-state index contributed by atoms with van der Waals surface area (Å²) in [5.41, 5.74) is 1.41. The molecular formula is C18H25NO. The summed E-state index contributed by atoms with van der Waals surface area (Å²) in [5, 5.41) is 3.59. The SMILES string of the molecule is CCCNC(CCCc1ccccc1)c1ccc(C)o1. The Hall–Kier alpha value is -1.54. The Kier molecular flexibility index (Phi) is 5.87. The van der Waals surface area contributed by atoms with Crippen LogP contribution in [0.15, 0.2) is 46.9 Å². The van der Waals surface area contributed by atoms with E-state index in [1.165, 1.54) is 12.0 Å². The fourth-order valence-electron chi connectivity index (χ4n) is 2.46. The van der Waals surface area contributed by atoms with Crippen LogP contribution in [0.1, 0.15) is 49.3 Å². The molecule has 1 heterocycles. The molecule has 0 aliphatic heterocycles. The van der Waals surface area contributed by atoms with E-state index >= 15 is 0 Å². The van der Waals surface area contributed by atoms with Crippen molar-refractivity contribution in [3.05, 3.63) is 59.5 Å². The van der Waals surface area contributed by atoms with Crippen molar-refractivity contribution in [2.24, 2.45) is 0 Å². The van der Waals surface area contributed by atoms with Gasteiger partial charge in [-0.3, -0.25) is 0 Å². The molecule has 20 heavy (non-hydrogen) atoms. The first-order valence-corrected chi connectivity index (χ1v) is 7.63. The molecule has 0 bridgehead atoms. The first kappa shape index (κ1) is 14.9. The molecule has 108 valence electrons. The van der Waals surface area contributed by atoms with Crippen molar-refractivity contribution < 1.29 is 4.42 Å². The second-order valence-corrected chi connectivity index (χ2v) is 5.33. The predicted octanol–water partition coefficient (Wildman–Crippen LogP) is 4.65. The summed E-state index contributed by atoms with van der Waals surface area (Å²) >= 11 is 0. The molecule has 0 amide bonds. The van der Waals surface area contributed by atoms with Crippen LogP contribution < -0.4 is 5.32 Å². The standard InChI is InChI=1S/C18H25NO/c1-3-14-19-17(18-13-12-15(2)20-18)11-7-10-16-8-5-4-6-9-16/h4-6,8-9,12-13,17,19H,3,7,10-11,14H2,1-2H3. The smallest absolute Gasteiger partial charge is 0.121 e. The molecule has 2 heteroatoms. The minimum absolute atomic E-state index is 0.340. The molecule has 0 aliphatic carbocycles. The summed E-state index contributed by atoms with van der Waals surface area (Å²) in [6, 6.07) is 15.2. The molecule has 2 rings (SSSR count). The predicted molar refractivity (Wildman–Crippen MR) is 83.9 cm³/mol. The van der Waals surface area contributed by atoms with E-state index in [0.717, 1.165) is 37.3 Å². The van der Waals surface area contributed by atoms with Crippen LogP contribution in [0.3, 0.4) is 0 Å². The molecule has 1 unspecified atom stereocenters. The van der Waals surface area contributed by atoms with Gasteiger partial charge in [-0.1, -0.05) is 37.3 Å². The second-order valence-electron chi connectivity index (χ2n) is 5.33. The average Bonchev–Trinajstić information content (AvgIpc) is 2.90. The Morgan fingerprint density at radius 3 is 2.55 bits per heavy atom. The van der Waals surface area contributed by atoms with E-state index in [0.29, 0.717) is 6.04 Å². The van der Waals surface area contributed by atoms with Gasteiger partial charge in [0, 0.05) is 0 Å². The molecule has 1 N–H and O–H groups in total. The summed E-state index contributed by atoms with van der Waals surface area (Å²) in [7, 11) is 0. The van der Waals surface area contributed by atoms with Crippen molar-refractivity contribution >= 4 is 0 Å². The summed E-state index contributed by atoms with van der Waals surface area (Å²) in [5.74, 6) is 2.07. The molecule has 0 spiro atoms. The van der Waals surface area contributed by atoms with Crippen LogP contribution in [0.5, 0.6) is 0 Å². The van der Waals surface area contributed by atoms with Crippen molar-refractivity contribution in [1.82, 2.24) is 5.32 Å². The summed E-state index contributed by atoms with van der Waals surface area (Å²) in [6.45, 7) is 5.24. The minimum Gasteiger partial charge on any atom is -0.465 e. The summed E-state index contributed by atoms with van der Waals surface area (Å²) in [6.07, 6.45) is 4.56. The van der Waals surface area contributed by atoms with Gasteiger partial charge >= 0.3 is 0 Å². The highest BCUT2D eigenvalue weighted by Crippen LogP contribution is 2.22. The number of benzene rings is 1. The maximum absolute atomic E-state index is 5.78. The van der Waals surface area contributed by atoms with E-state index < -0.39 is 0 Å². The Labute approximate surface area is 122 Å². The molecular weight excluding hydrogens is 246 g/mol. The van der Waals surface area contributed by atoms with Crippen LogP contribution in [0.25, 0.3) is 0 Å². The first-order chi connectivity index (χ1) is 9.79. The van der Waals surface area contributed by atoms with E-state index in [4.69, 9.17) is 4.42 Å². The molecule has 0 fully saturated rings. The third kappa shape index (κ3) is 4.53. The van der Waals surface area contributed by atoms with E-state index in [1.807, 2.05) is 13.0 Å². The van der Waals surface area contributed by atoms with Gasteiger partial charge in [0.05, 0.1) is 6.04 Å². The highest BCUT2D eigenvalue weighted by Gasteiger charge is 2.13. The molecule has 0 saturated heterocycles. The first-order valence-electron chi connectivity index (χ1n) is 7.63. The minimum atomic E-state index is 0.340. The van der Waals surface area contributed by atoms with Crippen molar-refractivity contribution in [2.75, 3.05) is 6.54 Å². The van der Waals surface area contributed by atoms with Crippen molar-refractivity contribution in [3.8, 4) is 0 Å². The molecule has 1 aromatic heterocycles. The molecule has 0 saturated carbocycles. The lowest BCUT2D eigenvalue weighted by Crippen LogP contribution is -2.21. The number of aryl methyl sites for hydroxylation is 2. The lowest BCUT2D eigenvalue weighted by atomic mass is 10.0. The third-order valence-electron chi connectivity index (χ3n) is 3.55. The van der Waals surface area contributed by atoms with E-state index in [9.17, 15) is 0 Å². The molecule has 2 aromatic rings. The fraction of sp³-hybridized carbons (Fsp3) is 0.444. The summed E-state index contributed by atoms with van der Waals surface area (Å²) in [4.78, 5) is 0. The lowest BCUT2D eigenvalue weighted by Gasteiger charge is -2.16. The van der Waals surface area contributed by atoms with E-state index in [2.05, 4.69) is 48.6 Å². The van der Waals surface area contributed by atoms with Gasteiger partial charge in [-0.05, 0) is 56.8 Å². The zero-order valence-electron chi connectivity index (χ0n) is 12.6. The Morgan fingerprint density at radius 1 is 1.10 bits per heavy atom. The molecule has 0 aliphatic rings. The van der Waals surface area contributed by atoms with Gasteiger partial charge in [0.2, 0.25) is 0 Å². The van der Waals surface area contributed by atoms with Gasteiger partial charge in [-0.2, -0.15) is 0 Å². The number of furan rings is 1. The van der Waals surface area contributed by atoms with E-state index in [-0.39, 0.29) is 0 Å². The fourth-order valence-corrected chi connectivity index (χ4v) is 2.46. The Balaban J connectivity index is 1.87. The molecule has 1 aromatic carbocycles. The topological polar surface area (TPSA) is 25.2 Å². The normalized spacial score (nSPS) is 12.5. The van der Waals surface area contributed by atoms with Gasteiger partial charge < -0.3 is 9.73 Å². The highest BCUT2D eigenvalue weighted by atomic mass is 16.3. The van der Waals surface area contributed by atoms with Gasteiger partial charge in [-0.15, -0.1) is 0 Å². The number of hydrogen-bond donors (Lipinski definition) is 1. The third-order valence-corrected chi connectivity index (χ3v) is 3.55. The van der Waals surface area contributed by atoms with Gasteiger partial charge in [-0.25, -0.2) is 0 Å². The molecule has 0 radical (unpaired) electrons. The maximum Gasteiger partial charge on any atom is 0.121 e. The van der Waals surface area contributed by atoms with Crippen LogP contribution in [0.4, 0.5) is 0 Å². The molecule has 2 nitrogen and oxygen atoms in total. The largest absolute Gasteiger partial charge is 0.465 e. The van der Waals surface area contributed by atoms with Gasteiger partial charge in [0.25, 0.3) is 0 Å². The van der Waals surface area contributed by atoms with Crippen LogP contribution in [-0.2, 0) is 6.42 Å². The molecule has 1 atom stereocenters. The van der Waals surface area contributed by atoms with Gasteiger partial charge in [0.15, 0.2) is 0 Å². The van der Waals surface area contributed by atoms with Crippen molar-refractivity contribution in [1.29, 1.82) is 0 Å². The van der Waals surface area contributed by atoms with Crippen LogP contribution in [0.2, 0.25) is 0 Å².